The fourth-order valence-electron chi connectivity index (χ4n) is 4.04. The van der Waals surface area contributed by atoms with Gasteiger partial charge in [0.25, 0.3) is 10.0 Å². The van der Waals surface area contributed by atoms with Crippen molar-refractivity contribution in [3.8, 4) is 0 Å². The standard InChI is InChI=1S/C28H33NO2S2/c1-6-20(3)25-11-7-23(8-12-25)17-26(32)18-24-9-13-27(14-10-24)33(30,31)29-28-21(4)15-19(2)16-22(28)5/h7-16,20,29H,6,17-18H2,1-5H3. The molecule has 0 saturated carbocycles. The van der Waals surface area contributed by atoms with Crippen molar-refractivity contribution in [2.45, 2.75) is 64.7 Å². The van der Waals surface area contributed by atoms with Gasteiger partial charge < -0.3 is 0 Å². The average molecular weight is 480 g/mol. The maximum absolute atomic E-state index is 12.9. The molecule has 1 N–H and O–H groups in total. The van der Waals surface area contributed by atoms with Gasteiger partial charge in [0, 0.05) is 17.7 Å². The smallest absolute Gasteiger partial charge is 0.261 e. The molecule has 0 aromatic heterocycles. The van der Waals surface area contributed by atoms with E-state index in [4.69, 9.17) is 12.2 Å². The first-order valence-electron chi connectivity index (χ1n) is 11.4. The highest BCUT2D eigenvalue weighted by atomic mass is 32.2. The van der Waals surface area contributed by atoms with Crippen LogP contribution < -0.4 is 4.72 Å². The lowest BCUT2D eigenvalue weighted by molar-refractivity contribution is 0.601. The predicted molar refractivity (Wildman–Crippen MR) is 143 cm³/mol. The summed E-state index contributed by atoms with van der Waals surface area (Å²) < 4.78 is 28.6. The van der Waals surface area contributed by atoms with Crippen LogP contribution in [0.5, 0.6) is 0 Å². The van der Waals surface area contributed by atoms with E-state index in [0.717, 1.165) is 40.0 Å². The summed E-state index contributed by atoms with van der Waals surface area (Å²) in [5, 5.41) is 0. The van der Waals surface area contributed by atoms with E-state index in [0.29, 0.717) is 18.0 Å². The number of nitrogens with one attached hydrogen (secondary N) is 1. The van der Waals surface area contributed by atoms with Crippen molar-refractivity contribution in [2.75, 3.05) is 4.72 Å². The second-order valence-corrected chi connectivity index (χ2v) is 11.2. The van der Waals surface area contributed by atoms with Crippen LogP contribution in [0.25, 0.3) is 0 Å². The number of hydrogen-bond donors (Lipinski definition) is 1. The molecule has 3 aromatic carbocycles. The van der Waals surface area contributed by atoms with E-state index in [9.17, 15) is 8.42 Å². The van der Waals surface area contributed by atoms with Gasteiger partial charge in [-0.2, -0.15) is 0 Å². The van der Waals surface area contributed by atoms with Crippen molar-refractivity contribution in [1.29, 1.82) is 0 Å². The number of sulfonamides is 1. The van der Waals surface area contributed by atoms with Crippen molar-refractivity contribution < 1.29 is 8.42 Å². The second-order valence-electron chi connectivity index (χ2n) is 8.97. The number of aryl methyl sites for hydroxylation is 3. The Morgan fingerprint density at radius 3 is 1.85 bits per heavy atom. The van der Waals surface area contributed by atoms with Crippen LogP contribution in [0.4, 0.5) is 5.69 Å². The summed E-state index contributed by atoms with van der Waals surface area (Å²) in [5.74, 6) is 0.564. The van der Waals surface area contributed by atoms with E-state index in [1.54, 1.807) is 12.1 Å². The highest BCUT2D eigenvalue weighted by Gasteiger charge is 2.17. The summed E-state index contributed by atoms with van der Waals surface area (Å²) in [6.45, 7) is 10.3. The molecule has 0 bridgehead atoms. The molecule has 174 valence electrons. The zero-order valence-electron chi connectivity index (χ0n) is 20.1. The third kappa shape index (κ3) is 6.52. The molecule has 0 radical (unpaired) electrons. The van der Waals surface area contributed by atoms with Crippen LogP contribution in [0.3, 0.4) is 0 Å². The molecule has 1 unspecified atom stereocenters. The molecule has 0 aliphatic carbocycles. The van der Waals surface area contributed by atoms with Gasteiger partial charge in [-0.15, -0.1) is 0 Å². The van der Waals surface area contributed by atoms with Crippen LogP contribution in [0.1, 0.15) is 59.6 Å². The van der Waals surface area contributed by atoms with E-state index >= 15 is 0 Å². The van der Waals surface area contributed by atoms with Gasteiger partial charge in [-0.1, -0.05) is 80.2 Å². The topological polar surface area (TPSA) is 46.2 Å². The first-order valence-corrected chi connectivity index (χ1v) is 13.3. The summed E-state index contributed by atoms with van der Waals surface area (Å²) >= 11 is 5.63. The third-order valence-corrected chi connectivity index (χ3v) is 7.77. The minimum atomic E-state index is -3.66. The monoisotopic (exact) mass is 479 g/mol. The maximum Gasteiger partial charge on any atom is 0.261 e. The van der Waals surface area contributed by atoms with Gasteiger partial charge in [0.2, 0.25) is 0 Å². The summed E-state index contributed by atoms with van der Waals surface area (Å²) in [7, 11) is -3.66. The lowest BCUT2D eigenvalue weighted by Crippen LogP contribution is -2.15. The number of anilines is 1. The fourth-order valence-corrected chi connectivity index (χ4v) is 5.57. The van der Waals surface area contributed by atoms with Crippen LogP contribution in [0.2, 0.25) is 0 Å². The number of benzene rings is 3. The zero-order valence-corrected chi connectivity index (χ0v) is 21.7. The number of rotatable bonds is 9. The van der Waals surface area contributed by atoms with Crippen LogP contribution in [-0.2, 0) is 22.9 Å². The number of hydrogen-bond acceptors (Lipinski definition) is 3. The molecule has 0 fully saturated rings. The Hall–Kier alpha value is -2.50. The average Bonchev–Trinajstić information content (AvgIpc) is 2.76. The first-order chi connectivity index (χ1) is 15.6. The summed E-state index contributed by atoms with van der Waals surface area (Å²) in [6.07, 6.45) is 2.51. The normalized spacial score (nSPS) is 12.4. The lowest BCUT2D eigenvalue weighted by atomic mass is 9.96. The van der Waals surface area contributed by atoms with Crippen molar-refractivity contribution >= 4 is 32.8 Å². The van der Waals surface area contributed by atoms with E-state index in [1.807, 2.05) is 45.0 Å². The van der Waals surface area contributed by atoms with Crippen LogP contribution in [0.15, 0.2) is 65.6 Å². The molecule has 3 nitrogen and oxygen atoms in total. The molecule has 5 heteroatoms. The minimum Gasteiger partial charge on any atom is -0.279 e. The Morgan fingerprint density at radius 1 is 0.879 bits per heavy atom. The van der Waals surface area contributed by atoms with E-state index in [-0.39, 0.29) is 4.90 Å². The van der Waals surface area contributed by atoms with Crippen LogP contribution in [-0.4, -0.2) is 13.3 Å². The van der Waals surface area contributed by atoms with Crippen molar-refractivity contribution in [2.24, 2.45) is 0 Å². The van der Waals surface area contributed by atoms with Gasteiger partial charge in [0.05, 0.1) is 10.6 Å². The van der Waals surface area contributed by atoms with E-state index in [2.05, 4.69) is 42.8 Å². The van der Waals surface area contributed by atoms with Crippen molar-refractivity contribution in [3.05, 3.63) is 94.0 Å². The molecular formula is C28H33NO2S2. The fraction of sp³-hybridized carbons (Fsp3) is 0.321. The van der Waals surface area contributed by atoms with Crippen LogP contribution in [0, 0.1) is 20.8 Å². The molecule has 0 aliphatic rings. The van der Waals surface area contributed by atoms with E-state index in [1.165, 1.54) is 11.1 Å². The molecule has 0 aliphatic heterocycles. The molecule has 33 heavy (non-hydrogen) atoms. The maximum atomic E-state index is 12.9. The predicted octanol–water partition coefficient (Wildman–Crippen LogP) is 7.08. The zero-order chi connectivity index (χ0) is 24.2. The lowest BCUT2D eigenvalue weighted by Gasteiger charge is -2.14. The third-order valence-electron chi connectivity index (χ3n) is 6.11. The highest BCUT2D eigenvalue weighted by molar-refractivity contribution is 7.92. The van der Waals surface area contributed by atoms with Gasteiger partial charge in [-0.3, -0.25) is 4.72 Å². The molecule has 0 heterocycles. The summed E-state index contributed by atoms with van der Waals surface area (Å²) in [5.41, 5.74) is 7.15. The van der Waals surface area contributed by atoms with Gasteiger partial charge in [0.15, 0.2) is 0 Å². The SMILES string of the molecule is CCC(C)c1ccc(CC(=S)Cc2ccc(S(=O)(=O)Nc3c(C)cc(C)cc3C)cc2)cc1. The summed E-state index contributed by atoms with van der Waals surface area (Å²) in [6, 6.07) is 19.7. The largest absolute Gasteiger partial charge is 0.279 e. The van der Waals surface area contributed by atoms with Gasteiger partial charge in [0.1, 0.15) is 0 Å². The molecule has 0 amide bonds. The Labute approximate surface area is 204 Å². The Balaban J connectivity index is 1.65. The quantitative estimate of drug-likeness (QED) is 0.334. The van der Waals surface area contributed by atoms with Crippen LogP contribution >= 0.6 is 12.2 Å². The Bertz CT molecular complexity index is 1200. The first kappa shape index (κ1) is 25.1. The van der Waals surface area contributed by atoms with Gasteiger partial charge in [-0.25, -0.2) is 8.42 Å². The molecule has 3 rings (SSSR count). The highest BCUT2D eigenvalue weighted by Crippen LogP contribution is 2.25. The Morgan fingerprint density at radius 2 is 1.36 bits per heavy atom. The second kappa shape index (κ2) is 10.6. The van der Waals surface area contributed by atoms with Gasteiger partial charge in [-0.05, 0) is 73.1 Å². The molecule has 0 saturated heterocycles. The molecule has 0 spiro atoms. The van der Waals surface area contributed by atoms with E-state index < -0.39 is 10.0 Å². The van der Waals surface area contributed by atoms with Gasteiger partial charge >= 0.3 is 0 Å². The van der Waals surface area contributed by atoms with Crippen molar-refractivity contribution in [3.63, 3.8) is 0 Å². The Kier molecular flexibility index (Phi) is 8.09. The molecular weight excluding hydrogens is 446 g/mol. The molecule has 3 aromatic rings. The minimum absolute atomic E-state index is 0.247. The summed E-state index contributed by atoms with van der Waals surface area (Å²) in [4.78, 5) is 1.18. The van der Waals surface area contributed by atoms with Crippen molar-refractivity contribution in [1.82, 2.24) is 0 Å². The number of thiocarbonyl (C=S) groups is 1. The molecule has 1 atom stereocenters.